The van der Waals surface area contributed by atoms with Crippen LogP contribution in [0.1, 0.15) is 0 Å². The Morgan fingerprint density at radius 3 is 2.58 bits per heavy atom. The third-order valence-electron chi connectivity index (χ3n) is 2.89. The van der Waals surface area contributed by atoms with Crippen LogP contribution in [0.4, 0.5) is 5.69 Å². The van der Waals surface area contributed by atoms with E-state index in [1.54, 1.807) is 0 Å². The molecule has 0 amide bonds. The maximum absolute atomic E-state index is 4.63. The van der Waals surface area contributed by atoms with E-state index in [4.69, 9.17) is 0 Å². The highest BCUT2D eigenvalue weighted by Gasteiger charge is 2.04. The van der Waals surface area contributed by atoms with E-state index in [-0.39, 0.29) is 12.4 Å². The van der Waals surface area contributed by atoms with Crippen molar-refractivity contribution in [3.8, 4) is 11.3 Å². The molecule has 0 aliphatic rings. The maximum atomic E-state index is 4.63. The second-order valence-electron chi connectivity index (χ2n) is 4.06. The minimum atomic E-state index is 0. The third kappa shape index (κ3) is 2.74. The Hall–Kier alpha value is -1.52. The first-order valence-corrected chi connectivity index (χ1v) is 6.48. The van der Waals surface area contributed by atoms with E-state index in [0.717, 1.165) is 27.1 Å². The lowest BCUT2D eigenvalue weighted by atomic mass is 10.2. The number of anilines is 1. The molecule has 0 aliphatic heterocycles. The van der Waals surface area contributed by atoms with E-state index in [0.29, 0.717) is 0 Å². The molecular weight excluding hydrogens is 326 g/mol. The summed E-state index contributed by atoms with van der Waals surface area (Å²) in [5.74, 6) is 0. The normalized spacial score (nSPS) is 10.2. The molecule has 2 aromatic heterocycles. The number of pyridine rings is 1. The van der Waals surface area contributed by atoms with Gasteiger partial charge in [-0.2, -0.15) is 0 Å². The number of halogens is 2. The molecule has 98 valence electrons. The fourth-order valence-electron chi connectivity index (χ4n) is 1.90. The van der Waals surface area contributed by atoms with Crippen LogP contribution in [0.15, 0.2) is 53.3 Å². The van der Waals surface area contributed by atoms with Gasteiger partial charge < -0.3 is 9.72 Å². The van der Waals surface area contributed by atoms with Gasteiger partial charge >= 0.3 is 0 Å². The van der Waals surface area contributed by atoms with Gasteiger partial charge in [0, 0.05) is 41.2 Å². The summed E-state index contributed by atoms with van der Waals surface area (Å²) in [5, 5.41) is 3.12. The number of hydrogen-bond acceptors (Lipinski definition) is 2. The van der Waals surface area contributed by atoms with E-state index in [1.165, 1.54) is 0 Å². The Labute approximate surface area is 126 Å². The predicted octanol–water partition coefficient (Wildman–Crippen LogP) is 4.23. The Bertz CT molecular complexity index is 691. The molecule has 0 saturated carbocycles. The van der Waals surface area contributed by atoms with Crippen molar-refractivity contribution in [2.75, 3.05) is 12.4 Å². The van der Waals surface area contributed by atoms with Crippen molar-refractivity contribution in [1.82, 2.24) is 9.38 Å². The molecule has 3 nitrogen and oxygen atoms in total. The van der Waals surface area contributed by atoms with Crippen LogP contribution in [0.2, 0.25) is 0 Å². The van der Waals surface area contributed by atoms with E-state index in [2.05, 4.69) is 38.4 Å². The first-order chi connectivity index (χ1) is 8.76. The average molecular weight is 339 g/mol. The molecule has 0 saturated heterocycles. The number of nitrogens with one attached hydrogen (secondary N) is 1. The van der Waals surface area contributed by atoms with Gasteiger partial charge in [-0.25, -0.2) is 4.98 Å². The molecule has 0 bridgehead atoms. The second kappa shape index (κ2) is 5.63. The topological polar surface area (TPSA) is 29.3 Å². The molecule has 1 N–H and O–H groups in total. The first-order valence-electron chi connectivity index (χ1n) is 5.69. The Balaban J connectivity index is 0.00000133. The van der Waals surface area contributed by atoms with Crippen molar-refractivity contribution < 1.29 is 0 Å². The van der Waals surface area contributed by atoms with Gasteiger partial charge in [0.05, 0.1) is 5.69 Å². The van der Waals surface area contributed by atoms with Crippen LogP contribution in [0, 0.1) is 0 Å². The van der Waals surface area contributed by atoms with Crippen molar-refractivity contribution in [2.24, 2.45) is 0 Å². The van der Waals surface area contributed by atoms with E-state index < -0.39 is 0 Å². The SMILES string of the molecule is CNc1ccn2cc(-c3ccc(Br)cc3)nc2c1.Cl. The van der Waals surface area contributed by atoms with Gasteiger partial charge in [-0.15, -0.1) is 12.4 Å². The van der Waals surface area contributed by atoms with E-state index >= 15 is 0 Å². The van der Waals surface area contributed by atoms with Crippen LogP contribution in [-0.4, -0.2) is 16.4 Å². The van der Waals surface area contributed by atoms with Crippen LogP contribution in [-0.2, 0) is 0 Å². The number of benzene rings is 1. The molecule has 0 unspecified atom stereocenters. The number of rotatable bonds is 2. The molecule has 19 heavy (non-hydrogen) atoms. The molecule has 3 aromatic rings. The Morgan fingerprint density at radius 2 is 1.89 bits per heavy atom. The summed E-state index contributed by atoms with van der Waals surface area (Å²) in [5.41, 5.74) is 4.11. The summed E-state index contributed by atoms with van der Waals surface area (Å²) >= 11 is 3.44. The standard InChI is InChI=1S/C14H12BrN3.ClH/c1-16-12-6-7-18-9-13(17-14(18)8-12)10-2-4-11(15)5-3-10;/h2-9,16H,1H3;1H. The number of aromatic nitrogens is 2. The van der Waals surface area contributed by atoms with Crippen molar-refractivity contribution >= 4 is 39.7 Å². The molecule has 3 rings (SSSR count). The number of nitrogens with zero attached hydrogens (tertiary/aromatic N) is 2. The Kier molecular flexibility index (Phi) is 4.12. The number of fused-ring (bicyclic) bond motifs is 1. The number of imidazole rings is 1. The average Bonchev–Trinajstić information content (AvgIpc) is 2.82. The minimum absolute atomic E-state index is 0. The summed E-state index contributed by atoms with van der Waals surface area (Å²) in [6, 6.07) is 12.2. The summed E-state index contributed by atoms with van der Waals surface area (Å²) in [4.78, 5) is 4.63. The van der Waals surface area contributed by atoms with Crippen LogP contribution in [0.5, 0.6) is 0 Å². The third-order valence-corrected chi connectivity index (χ3v) is 3.42. The lowest BCUT2D eigenvalue weighted by Gasteiger charge is -1.98. The van der Waals surface area contributed by atoms with E-state index in [9.17, 15) is 0 Å². The van der Waals surface area contributed by atoms with Gasteiger partial charge in [-0.3, -0.25) is 0 Å². The fourth-order valence-corrected chi connectivity index (χ4v) is 2.16. The molecule has 0 aliphatic carbocycles. The minimum Gasteiger partial charge on any atom is -0.388 e. The van der Waals surface area contributed by atoms with Gasteiger partial charge in [-0.1, -0.05) is 28.1 Å². The largest absolute Gasteiger partial charge is 0.388 e. The lowest BCUT2D eigenvalue weighted by molar-refractivity contribution is 1.18. The zero-order chi connectivity index (χ0) is 12.5. The molecular formula is C14H13BrClN3. The highest BCUT2D eigenvalue weighted by atomic mass is 79.9. The van der Waals surface area contributed by atoms with Crippen molar-refractivity contribution in [2.45, 2.75) is 0 Å². The van der Waals surface area contributed by atoms with Crippen LogP contribution < -0.4 is 5.32 Å². The predicted molar refractivity (Wildman–Crippen MR) is 85.1 cm³/mol. The summed E-state index contributed by atoms with van der Waals surface area (Å²) in [7, 11) is 1.91. The Morgan fingerprint density at radius 1 is 1.16 bits per heavy atom. The molecule has 0 fully saturated rings. The van der Waals surface area contributed by atoms with Gasteiger partial charge in [0.1, 0.15) is 5.65 Å². The molecule has 1 aromatic carbocycles. The quantitative estimate of drug-likeness (QED) is 0.758. The van der Waals surface area contributed by atoms with Crippen LogP contribution in [0.3, 0.4) is 0 Å². The van der Waals surface area contributed by atoms with Crippen LogP contribution >= 0.6 is 28.3 Å². The molecule has 0 spiro atoms. The van der Waals surface area contributed by atoms with Crippen molar-refractivity contribution in [3.05, 3.63) is 53.3 Å². The highest BCUT2D eigenvalue weighted by Crippen LogP contribution is 2.22. The first kappa shape index (κ1) is 13.9. The van der Waals surface area contributed by atoms with Crippen molar-refractivity contribution in [1.29, 1.82) is 0 Å². The van der Waals surface area contributed by atoms with Gasteiger partial charge in [0.25, 0.3) is 0 Å². The van der Waals surface area contributed by atoms with Gasteiger partial charge in [-0.05, 0) is 18.2 Å². The zero-order valence-corrected chi connectivity index (χ0v) is 12.7. The fraction of sp³-hybridized carbons (Fsp3) is 0.0714. The molecule has 5 heteroatoms. The number of hydrogen-bond donors (Lipinski definition) is 1. The molecule has 0 atom stereocenters. The van der Waals surface area contributed by atoms with Crippen molar-refractivity contribution in [3.63, 3.8) is 0 Å². The zero-order valence-electron chi connectivity index (χ0n) is 10.3. The summed E-state index contributed by atoms with van der Waals surface area (Å²) in [6.45, 7) is 0. The molecule has 2 heterocycles. The monoisotopic (exact) mass is 337 g/mol. The summed E-state index contributed by atoms with van der Waals surface area (Å²) < 4.78 is 3.10. The summed E-state index contributed by atoms with van der Waals surface area (Å²) in [6.07, 6.45) is 4.05. The second-order valence-corrected chi connectivity index (χ2v) is 4.98. The van der Waals surface area contributed by atoms with E-state index in [1.807, 2.05) is 48.1 Å². The maximum Gasteiger partial charge on any atom is 0.139 e. The highest BCUT2D eigenvalue weighted by molar-refractivity contribution is 9.10. The lowest BCUT2D eigenvalue weighted by Crippen LogP contribution is -1.89. The van der Waals surface area contributed by atoms with Gasteiger partial charge in [0.15, 0.2) is 0 Å². The van der Waals surface area contributed by atoms with Gasteiger partial charge in [0.2, 0.25) is 0 Å². The molecule has 0 radical (unpaired) electrons. The smallest absolute Gasteiger partial charge is 0.139 e. The van der Waals surface area contributed by atoms with Crippen LogP contribution in [0.25, 0.3) is 16.9 Å².